The number of nitrogens with one attached hydrogen (secondary N) is 1. The van der Waals surface area contributed by atoms with Crippen LogP contribution in [0.25, 0.3) is 0 Å². The number of hydrogen-bond acceptors (Lipinski definition) is 4. The van der Waals surface area contributed by atoms with Crippen molar-refractivity contribution in [1.82, 2.24) is 5.32 Å². The molecule has 116 valence electrons. The van der Waals surface area contributed by atoms with E-state index >= 15 is 0 Å². The second-order valence-electron chi connectivity index (χ2n) is 6.10. The van der Waals surface area contributed by atoms with E-state index in [1.54, 1.807) is 7.11 Å². The van der Waals surface area contributed by atoms with Gasteiger partial charge >= 0.3 is 0 Å². The summed E-state index contributed by atoms with van der Waals surface area (Å²) in [5.74, 6) is 1.85. The molecule has 0 saturated carbocycles. The van der Waals surface area contributed by atoms with Gasteiger partial charge < -0.3 is 19.2 Å². The monoisotopic (exact) mass is 283 g/mol. The highest BCUT2D eigenvalue weighted by atomic mass is 16.5. The van der Waals surface area contributed by atoms with Crippen molar-refractivity contribution in [2.75, 3.05) is 13.7 Å². The zero-order valence-corrected chi connectivity index (χ0v) is 13.7. The molecule has 1 N–H and O–H groups in total. The first-order valence-electron chi connectivity index (χ1n) is 7.28. The molecule has 4 nitrogen and oxygen atoms in total. The standard InChI is InChI=1S/C16H29NO3/c1-12(2)17-10-14-9-15(20-13(14)3)11-19-8-7-16(4,5)18-6/h9,12,17H,7-8,10-11H2,1-6H3. The first kappa shape index (κ1) is 17.2. The van der Waals surface area contributed by atoms with Crippen LogP contribution in [0.4, 0.5) is 0 Å². The maximum absolute atomic E-state index is 5.71. The van der Waals surface area contributed by atoms with Crippen LogP contribution in [-0.4, -0.2) is 25.4 Å². The highest BCUT2D eigenvalue weighted by Crippen LogP contribution is 2.17. The molecule has 1 aromatic heterocycles. The smallest absolute Gasteiger partial charge is 0.130 e. The van der Waals surface area contributed by atoms with Crippen LogP contribution < -0.4 is 5.32 Å². The Bertz CT molecular complexity index is 396. The van der Waals surface area contributed by atoms with E-state index in [9.17, 15) is 0 Å². The maximum atomic E-state index is 5.71. The van der Waals surface area contributed by atoms with Gasteiger partial charge in [-0.05, 0) is 33.3 Å². The Morgan fingerprint density at radius 2 is 2.05 bits per heavy atom. The number of rotatable bonds is 9. The molecule has 0 aromatic carbocycles. The summed E-state index contributed by atoms with van der Waals surface area (Å²) in [5.41, 5.74) is 1.07. The van der Waals surface area contributed by atoms with Crippen molar-refractivity contribution in [3.05, 3.63) is 23.2 Å². The molecule has 20 heavy (non-hydrogen) atoms. The Morgan fingerprint density at radius 1 is 1.35 bits per heavy atom. The number of aryl methyl sites for hydroxylation is 1. The van der Waals surface area contributed by atoms with Crippen LogP contribution in [-0.2, 0) is 22.6 Å². The minimum absolute atomic E-state index is 0.134. The molecule has 0 amide bonds. The first-order valence-corrected chi connectivity index (χ1v) is 7.28. The second-order valence-corrected chi connectivity index (χ2v) is 6.10. The van der Waals surface area contributed by atoms with Crippen LogP contribution in [0.3, 0.4) is 0 Å². The van der Waals surface area contributed by atoms with Gasteiger partial charge in [-0.3, -0.25) is 0 Å². The lowest BCUT2D eigenvalue weighted by Gasteiger charge is -2.22. The molecule has 0 atom stereocenters. The minimum Gasteiger partial charge on any atom is -0.464 e. The van der Waals surface area contributed by atoms with Gasteiger partial charge in [0.1, 0.15) is 18.1 Å². The molecule has 0 fully saturated rings. The van der Waals surface area contributed by atoms with Crippen molar-refractivity contribution < 1.29 is 13.9 Å². The van der Waals surface area contributed by atoms with E-state index < -0.39 is 0 Å². The van der Waals surface area contributed by atoms with E-state index in [-0.39, 0.29) is 5.60 Å². The van der Waals surface area contributed by atoms with Crippen molar-refractivity contribution in [3.8, 4) is 0 Å². The molecule has 0 aliphatic rings. The van der Waals surface area contributed by atoms with E-state index in [2.05, 4.69) is 39.1 Å². The molecular weight excluding hydrogens is 254 g/mol. The van der Waals surface area contributed by atoms with Gasteiger partial charge in [0.25, 0.3) is 0 Å². The summed E-state index contributed by atoms with van der Waals surface area (Å²) in [4.78, 5) is 0. The van der Waals surface area contributed by atoms with E-state index in [0.29, 0.717) is 19.3 Å². The third kappa shape index (κ3) is 6.07. The number of ether oxygens (including phenoxy) is 2. The Balaban J connectivity index is 2.36. The van der Waals surface area contributed by atoms with Gasteiger partial charge in [0.15, 0.2) is 0 Å². The van der Waals surface area contributed by atoms with Crippen LogP contribution in [0.5, 0.6) is 0 Å². The van der Waals surface area contributed by atoms with Crippen molar-refractivity contribution >= 4 is 0 Å². The summed E-state index contributed by atoms with van der Waals surface area (Å²) in [6.45, 7) is 12.4. The summed E-state index contributed by atoms with van der Waals surface area (Å²) < 4.78 is 16.7. The van der Waals surface area contributed by atoms with Gasteiger partial charge in [-0.1, -0.05) is 13.8 Å². The average Bonchev–Trinajstić information content (AvgIpc) is 2.73. The molecule has 1 rings (SSSR count). The van der Waals surface area contributed by atoms with Crippen LogP contribution in [0.15, 0.2) is 10.5 Å². The van der Waals surface area contributed by atoms with Gasteiger partial charge in [0.2, 0.25) is 0 Å². The SMILES string of the molecule is COC(C)(C)CCOCc1cc(CNC(C)C)c(C)o1. The maximum Gasteiger partial charge on any atom is 0.130 e. The highest BCUT2D eigenvalue weighted by Gasteiger charge is 2.16. The normalized spacial score (nSPS) is 12.3. The van der Waals surface area contributed by atoms with Crippen molar-refractivity contribution in [2.24, 2.45) is 0 Å². The quantitative estimate of drug-likeness (QED) is 0.705. The second kappa shape index (κ2) is 7.81. The third-order valence-corrected chi connectivity index (χ3v) is 3.42. The Morgan fingerprint density at radius 3 is 2.65 bits per heavy atom. The predicted octanol–water partition coefficient (Wildman–Crippen LogP) is 3.42. The molecule has 0 aliphatic heterocycles. The fourth-order valence-electron chi connectivity index (χ4n) is 1.74. The lowest BCUT2D eigenvalue weighted by Crippen LogP contribution is -2.24. The zero-order chi connectivity index (χ0) is 15.2. The third-order valence-electron chi connectivity index (χ3n) is 3.42. The number of furan rings is 1. The molecule has 0 saturated heterocycles. The molecule has 4 heteroatoms. The topological polar surface area (TPSA) is 43.6 Å². The molecule has 0 unspecified atom stereocenters. The van der Waals surface area contributed by atoms with E-state index in [1.807, 2.05) is 6.92 Å². The summed E-state index contributed by atoms with van der Waals surface area (Å²) in [6, 6.07) is 2.55. The number of methoxy groups -OCH3 is 1. The summed E-state index contributed by atoms with van der Waals surface area (Å²) in [6.07, 6.45) is 0.866. The Hall–Kier alpha value is -0.840. The lowest BCUT2D eigenvalue weighted by atomic mass is 10.1. The minimum atomic E-state index is -0.134. The zero-order valence-electron chi connectivity index (χ0n) is 13.7. The van der Waals surface area contributed by atoms with Gasteiger partial charge in [-0.2, -0.15) is 0 Å². The van der Waals surface area contributed by atoms with Gasteiger partial charge in [0.05, 0.1) is 5.60 Å². The molecule has 1 heterocycles. The van der Waals surface area contributed by atoms with Gasteiger partial charge in [-0.25, -0.2) is 0 Å². The summed E-state index contributed by atoms with van der Waals surface area (Å²) >= 11 is 0. The van der Waals surface area contributed by atoms with Crippen LogP contribution in [0.2, 0.25) is 0 Å². The van der Waals surface area contributed by atoms with Crippen molar-refractivity contribution in [2.45, 2.75) is 65.8 Å². The molecule has 0 aliphatic carbocycles. The van der Waals surface area contributed by atoms with Crippen LogP contribution in [0.1, 0.15) is 51.2 Å². The van der Waals surface area contributed by atoms with Crippen LogP contribution >= 0.6 is 0 Å². The largest absolute Gasteiger partial charge is 0.464 e. The van der Waals surface area contributed by atoms with Crippen molar-refractivity contribution in [1.29, 1.82) is 0 Å². The molecule has 0 bridgehead atoms. The van der Waals surface area contributed by atoms with Gasteiger partial charge in [0, 0.05) is 31.9 Å². The van der Waals surface area contributed by atoms with Crippen molar-refractivity contribution in [3.63, 3.8) is 0 Å². The highest BCUT2D eigenvalue weighted by molar-refractivity contribution is 5.20. The van der Waals surface area contributed by atoms with Crippen LogP contribution in [0, 0.1) is 6.92 Å². The fourth-order valence-corrected chi connectivity index (χ4v) is 1.74. The molecular formula is C16H29NO3. The summed E-state index contributed by atoms with van der Waals surface area (Å²) in [7, 11) is 1.73. The number of hydrogen-bond donors (Lipinski definition) is 1. The Labute approximate surface area is 122 Å². The fraction of sp³-hybridized carbons (Fsp3) is 0.750. The first-order chi connectivity index (χ1) is 9.34. The molecule has 1 aromatic rings. The van der Waals surface area contributed by atoms with E-state index in [0.717, 1.165) is 24.5 Å². The Kier molecular flexibility index (Phi) is 6.72. The molecule has 0 spiro atoms. The predicted molar refractivity (Wildman–Crippen MR) is 80.8 cm³/mol. The summed E-state index contributed by atoms with van der Waals surface area (Å²) in [5, 5.41) is 3.39. The van der Waals surface area contributed by atoms with E-state index in [4.69, 9.17) is 13.9 Å². The molecule has 0 radical (unpaired) electrons. The average molecular weight is 283 g/mol. The lowest BCUT2D eigenvalue weighted by molar-refractivity contribution is -0.0143. The van der Waals surface area contributed by atoms with E-state index in [1.165, 1.54) is 5.56 Å². The van der Waals surface area contributed by atoms with Gasteiger partial charge in [-0.15, -0.1) is 0 Å².